The summed E-state index contributed by atoms with van der Waals surface area (Å²) >= 11 is 0. The van der Waals surface area contributed by atoms with Crippen molar-refractivity contribution in [3.8, 4) is 11.1 Å². The van der Waals surface area contributed by atoms with Gasteiger partial charge in [0.15, 0.2) is 0 Å². The molecule has 0 radical (unpaired) electrons. The van der Waals surface area contributed by atoms with E-state index in [1.54, 1.807) is 24.3 Å². The van der Waals surface area contributed by atoms with Crippen LogP contribution in [0.15, 0.2) is 72.8 Å². The Hall–Kier alpha value is -3.20. The number of carbonyl (C=O) groups excluding carboxylic acids is 2. The molecular weight excluding hydrogens is 298 g/mol. The fourth-order valence-corrected chi connectivity index (χ4v) is 3.13. The van der Waals surface area contributed by atoms with Gasteiger partial charge in [0.05, 0.1) is 16.8 Å². The number of hydrogen-bond acceptors (Lipinski definition) is 2. The predicted octanol–water partition coefficient (Wildman–Crippen LogP) is 4.46. The number of rotatable bonds is 2. The summed E-state index contributed by atoms with van der Waals surface area (Å²) in [6.07, 6.45) is 0. The molecule has 0 saturated carbocycles. The van der Waals surface area contributed by atoms with Crippen molar-refractivity contribution in [3.63, 3.8) is 0 Å². The Kier molecular flexibility index (Phi) is 3.28. The summed E-state index contributed by atoms with van der Waals surface area (Å²) in [4.78, 5) is 26.8. The Labute approximate surface area is 140 Å². The summed E-state index contributed by atoms with van der Waals surface area (Å²) in [7, 11) is 0. The van der Waals surface area contributed by atoms with E-state index in [1.807, 2.05) is 49.4 Å². The molecule has 3 aromatic carbocycles. The van der Waals surface area contributed by atoms with E-state index in [-0.39, 0.29) is 11.8 Å². The van der Waals surface area contributed by atoms with E-state index < -0.39 is 0 Å². The molecule has 0 bridgehead atoms. The number of carbonyl (C=O) groups is 2. The molecule has 116 valence electrons. The van der Waals surface area contributed by atoms with Crippen LogP contribution in [0.1, 0.15) is 26.3 Å². The van der Waals surface area contributed by atoms with E-state index in [4.69, 9.17) is 0 Å². The lowest BCUT2D eigenvalue weighted by Crippen LogP contribution is -2.29. The lowest BCUT2D eigenvalue weighted by Gasteiger charge is -2.18. The van der Waals surface area contributed by atoms with Gasteiger partial charge in [0.1, 0.15) is 0 Å². The van der Waals surface area contributed by atoms with Crippen LogP contribution in [0.3, 0.4) is 0 Å². The van der Waals surface area contributed by atoms with Crippen LogP contribution in [0.5, 0.6) is 0 Å². The topological polar surface area (TPSA) is 37.4 Å². The number of nitrogens with zero attached hydrogens (tertiary/aromatic N) is 1. The number of para-hydroxylation sites is 1. The van der Waals surface area contributed by atoms with Gasteiger partial charge in [-0.2, -0.15) is 0 Å². The minimum absolute atomic E-state index is 0.268. The molecule has 24 heavy (non-hydrogen) atoms. The molecule has 0 spiro atoms. The van der Waals surface area contributed by atoms with Crippen LogP contribution >= 0.6 is 0 Å². The summed E-state index contributed by atoms with van der Waals surface area (Å²) in [6.45, 7) is 2.02. The minimum atomic E-state index is -0.268. The number of benzene rings is 3. The average molecular weight is 313 g/mol. The van der Waals surface area contributed by atoms with Crippen molar-refractivity contribution in [2.75, 3.05) is 4.90 Å². The first-order valence-corrected chi connectivity index (χ1v) is 7.81. The highest BCUT2D eigenvalue weighted by atomic mass is 16.2. The highest BCUT2D eigenvalue weighted by molar-refractivity contribution is 6.35. The minimum Gasteiger partial charge on any atom is -0.268 e. The molecule has 0 N–H and O–H groups in total. The van der Waals surface area contributed by atoms with Gasteiger partial charge in [-0.05, 0) is 30.7 Å². The zero-order chi connectivity index (χ0) is 16.7. The normalized spacial score (nSPS) is 13.3. The Balaban J connectivity index is 1.88. The molecule has 3 nitrogen and oxygen atoms in total. The van der Waals surface area contributed by atoms with Crippen LogP contribution in [0.4, 0.5) is 5.69 Å². The monoisotopic (exact) mass is 313 g/mol. The van der Waals surface area contributed by atoms with Gasteiger partial charge in [-0.1, -0.05) is 60.2 Å². The fourth-order valence-electron chi connectivity index (χ4n) is 3.13. The first-order chi connectivity index (χ1) is 11.7. The van der Waals surface area contributed by atoms with E-state index in [0.717, 1.165) is 16.7 Å². The molecule has 0 aliphatic carbocycles. The highest BCUT2D eigenvalue weighted by Crippen LogP contribution is 2.36. The predicted molar refractivity (Wildman–Crippen MR) is 94.2 cm³/mol. The molecule has 2 amide bonds. The van der Waals surface area contributed by atoms with Gasteiger partial charge in [-0.15, -0.1) is 0 Å². The maximum absolute atomic E-state index is 12.8. The van der Waals surface area contributed by atoms with Crippen molar-refractivity contribution >= 4 is 17.5 Å². The van der Waals surface area contributed by atoms with Crippen molar-refractivity contribution in [1.82, 2.24) is 0 Å². The Morgan fingerprint density at radius 2 is 1.25 bits per heavy atom. The Bertz CT molecular complexity index is 940. The molecule has 1 aliphatic rings. The number of amides is 2. The number of aryl methyl sites for hydroxylation is 1. The molecule has 1 aliphatic heterocycles. The maximum atomic E-state index is 12.8. The lowest BCUT2D eigenvalue weighted by atomic mass is 10.0. The van der Waals surface area contributed by atoms with Crippen LogP contribution in [0.25, 0.3) is 11.1 Å². The molecule has 0 atom stereocenters. The van der Waals surface area contributed by atoms with Crippen molar-refractivity contribution in [2.24, 2.45) is 0 Å². The van der Waals surface area contributed by atoms with E-state index in [2.05, 4.69) is 6.07 Å². The maximum Gasteiger partial charge on any atom is 0.266 e. The third kappa shape index (κ3) is 2.14. The van der Waals surface area contributed by atoms with Crippen molar-refractivity contribution in [1.29, 1.82) is 0 Å². The van der Waals surface area contributed by atoms with Gasteiger partial charge < -0.3 is 0 Å². The second kappa shape index (κ2) is 5.46. The molecular formula is C21H15NO2. The summed E-state index contributed by atoms with van der Waals surface area (Å²) in [5.74, 6) is -0.536. The summed E-state index contributed by atoms with van der Waals surface area (Å²) in [6, 6.07) is 22.5. The zero-order valence-electron chi connectivity index (χ0n) is 13.2. The number of anilines is 1. The number of hydrogen-bond donors (Lipinski definition) is 0. The third-order valence-corrected chi connectivity index (χ3v) is 4.27. The first kappa shape index (κ1) is 14.4. The molecule has 3 heteroatoms. The summed E-state index contributed by atoms with van der Waals surface area (Å²) < 4.78 is 0. The van der Waals surface area contributed by atoms with Crippen molar-refractivity contribution in [2.45, 2.75) is 6.92 Å². The standard InChI is InChI=1S/C21H15NO2/c1-14-7-6-8-15(13-14)16-9-4-5-12-19(16)22-20(23)17-10-2-3-11-18(17)21(22)24/h2-13H,1H3. The van der Waals surface area contributed by atoms with E-state index in [1.165, 1.54) is 4.90 Å². The van der Waals surface area contributed by atoms with Gasteiger partial charge in [0.2, 0.25) is 0 Å². The Morgan fingerprint density at radius 1 is 0.667 bits per heavy atom. The van der Waals surface area contributed by atoms with Gasteiger partial charge in [0, 0.05) is 5.56 Å². The molecule has 0 unspecified atom stereocenters. The van der Waals surface area contributed by atoms with Gasteiger partial charge in [-0.25, -0.2) is 4.90 Å². The SMILES string of the molecule is Cc1cccc(-c2ccccc2N2C(=O)c3ccccc3C2=O)c1. The summed E-state index contributed by atoms with van der Waals surface area (Å²) in [5, 5.41) is 0. The van der Waals surface area contributed by atoms with Crippen LogP contribution < -0.4 is 4.90 Å². The largest absolute Gasteiger partial charge is 0.268 e. The van der Waals surface area contributed by atoms with Crippen LogP contribution in [-0.2, 0) is 0 Å². The molecule has 0 fully saturated rings. The number of imide groups is 1. The summed E-state index contributed by atoms with van der Waals surface area (Å²) in [5.41, 5.74) is 4.53. The fraction of sp³-hybridized carbons (Fsp3) is 0.0476. The van der Waals surface area contributed by atoms with Gasteiger partial charge in [-0.3, -0.25) is 9.59 Å². The zero-order valence-corrected chi connectivity index (χ0v) is 13.2. The third-order valence-electron chi connectivity index (χ3n) is 4.27. The molecule has 1 heterocycles. The quantitative estimate of drug-likeness (QED) is 0.655. The molecule has 0 aromatic heterocycles. The second-order valence-electron chi connectivity index (χ2n) is 5.88. The number of fused-ring (bicyclic) bond motifs is 1. The Morgan fingerprint density at radius 3 is 1.88 bits per heavy atom. The van der Waals surface area contributed by atoms with E-state index in [0.29, 0.717) is 16.8 Å². The van der Waals surface area contributed by atoms with Crippen molar-refractivity contribution < 1.29 is 9.59 Å². The van der Waals surface area contributed by atoms with Gasteiger partial charge in [0.25, 0.3) is 11.8 Å². The van der Waals surface area contributed by atoms with Crippen molar-refractivity contribution in [3.05, 3.63) is 89.5 Å². The van der Waals surface area contributed by atoms with Crippen LogP contribution in [-0.4, -0.2) is 11.8 Å². The lowest BCUT2D eigenvalue weighted by molar-refractivity contribution is 0.0926. The smallest absolute Gasteiger partial charge is 0.266 e. The second-order valence-corrected chi connectivity index (χ2v) is 5.88. The van der Waals surface area contributed by atoms with Crippen LogP contribution in [0, 0.1) is 6.92 Å². The molecule has 0 saturated heterocycles. The average Bonchev–Trinajstić information content (AvgIpc) is 2.86. The van der Waals surface area contributed by atoms with Gasteiger partial charge >= 0.3 is 0 Å². The van der Waals surface area contributed by atoms with Crippen LogP contribution in [0.2, 0.25) is 0 Å². The molecule has 4 rings (SSSR count). The van der Waals surface area contributed by atoms with E-state index >= 15 is 0 Å². The molecule has 3 aromatic rings. The van der Waals surface area contributed by atoms with E-state index in [9.17, 15) is 9.59 Å². The first-order valence-electron chi connectivity index (χ1n) is 7.81. The highest BCUT2D eigenvalue weighted by Gasteiger charge is 2.37.